The molecule has 6 nitrogen and oxygen atoms in total. The Hall–Kier alpha value is -1.69. The van der Waals surface area contributed by atoms with Crippen LogP contribution in [-0.2, 0) is 4.74 Å². The lowest BCUT2D eigenvalue weighted by molar-refractivity contribution is 0.0524. The van der Waals surface area contributed by atoms with E-state index in [2.05, 4.69) is 14.9 Å². The van der Waals surface area contributed by atoms with Gasteiger partial charge >= 0.3 is 5.97 Å². The molecule has 1 atom stereocenters. The monoisotopic (exact) mass is 264 g/mol. The minimum atomic E-state index is -0.373. The second kappa shape index (κ2) is 5.97. The number of esters is 1. The van der Waals surface area contributed by atoms with Crippen LogP contribution in [0.5, 0.6) is 0 Å². The Labute approximate surface area is 113 Å². The molecule has 0 aromatic carbocycles. The lowest BCUT2D eigenvalue weighted by Crippen LogP contribution is -2.43. The van der Waals surface area contributed by atoms with Crippen molar-refractivity contribution in [3.8, 4) is 0 Å². The third-order valence-electron chi connectivity index (χ3n) is 3.20. The van der Waals surface area contributed by atoms with Crippen LogP contribution in [-0.4, -0.2) is 41.7 Å². The van der Waals surface area contributed by atoms with E-state index in [4.69, 9.17) is 10.5 Å². The molecule has 2 heterocycles. The first kappa shape index (κ1) is 13.7. The average Bonchev–Trinajstić information content (AvgIpc) is 2.38. The van der Waals surface area contributed by atoms with Gasteiger partial charge in [0.25, 0.3) is 0 Å². The van der Waals surface area contributed by atoms with E-state index in [1.54, 1.807) is 13.8 Å². The molecule has 0 saturated carbocycles. The fourth-order valence-corrected chi connectivity index (χ4v) is 2.21. The van der Waals surface area contributed by atoms with Crippen LogP contribution in [0.3, 0.4) is 0 Å². The highest BCUT2D eigenvalue weighted by molar-refractivity contribution is 5.90. The first-order chi connectivity index (χ1) is 9.11. The number of hydrogen-bond donors (Lipinski definition) is 1. The molecule has 19 heavy (non-hydrogen) atoms. The SMILES string of the molecule is CCOC(=O)c1cnc(N2CCCC(N)C2)nc1C. The van der Waals surface area contributed by atoms with Crippen LogP contribution in [0.25, 0.3) is 0 Å². The summed E-state index contributed by atoms with van der Waals surface area (Å²) in [4.78, 5) is 22.4. The molecule has 0 spiro atoms. The van der Waals surface area contributed by atoms with Crippen molar-refractivity contribution in [2.24, 2.45) is 5.73 Å². The van der Waals surface area contributed by atoms with Crippen LogP contribution in [0.1, 0.15) is 35.8 Å². The Balaban J connectivity index is 2.16. The Morgan fingerprint density at radius 2 is 2.42 bits per heavy atom. The van der Waals surface area contributed by atoms with Gasteiger partial charge in [-0.2, -0.15) is 0 Å². The third kappa shape index (κ3) is 3.20. The van der Waals surface area contributed by atoms with E-state index in [9.17, 15) is 4.79 Å². The highest BCUT2D eigenvalue weighted by Gasteiger charge is 2.20. The number of ether oxygens (including phenoxy) is 1. The number of carbonyl (C=O) groups excluding carboxylic acids is 1. The maximum absolute atomic E-state index is 11.7. The molecule has 1 aromatic rings. The molecule has 0 radical (unpaired) electrons. The van der Waals surface area contributed by atoms with Crippen LogP contribution < -0.4 is 10.6 Å². The number of rotatable bonds is 3. The Morgan fingerprint density at radius 3 is 3.05 bits per heavy atom. The summed E-state index contributed by atoms with van der Waals surface area (Å²) in [5.41, 5.74) is 7.01. The zero-order valence-electron chi connectivity index (χ0n) is 11.4. The van der Waals surface area contributed by atoms with E-state index in [-0.39, 0.29) is 12.0 Å². The molecule has 0 amide bonds. The molecular weight excluding hydrogens is 244 g/mol. The number of piperidine rings is 1. The average molecular weight is 264 g/mol. The Kier molecular flexibility index (Phi) is 4.31. The first-order valence-electron chi connectivity index (χ1n) is 6.63. The van der Waals surface area contributed by atoms with Gasteiger partial charge in [-0.3, -0.25) is 0 Å². The van der Waals surface area contributed by atoms with Gasteiger partial charge in [0.15, 0.2) is 0 Å². The predicted octanol–water partition coefficient (Wildman–Crippen LogP) is 0.889. The molecule has 6 heteroatoms. The van der Waals surface area contributed by atoms with Gasteiger partial charge in [-0.25, -0.2) is 14.8 Å². The van der Waals surface area contributed by atoms with Crippen LogP contribution in [0.4, 0.5) is 5.95 Å². The van der Waals surface area contributed by atoms with Gasteiger partial charge in [0, 0.05) is 25.3 Å². The van der Waals surface area contributed by atoms with Crippen molar-refractivity contribution in [3.05, 3.63) is 17.5 Å². The Bertz CT molecular complexity index is 464. The standard InChI is InChI=1S/C13H20N4O2/c1-3-19-12(18)11-7-15-13(16-9(11)2)17-6-4-5-10(14)8-17/h7,10H,3-6,8,14H2,1-2H3. The van der Waals surface area contributed by atoms with Gasteiger partial charge in [0.05, 0.1) is 17.9 Å². The van der Waals surface area contributed by atoms with Gasteiger partial charge < -0.3 is 15.4 Å². The third-order valence-corrected chi connectivity index (χ3v) is 3.20. The van der Waals surface area contributed by atoms with E-state index in [0.29, 0.717) is 23.8 Å². The van der Waals surface area contributed by atoms with Crippen molar-refractivity contribution in [3.63, 3.8) is 0 Å². The van der Waals surface area contributed by atoms with E-state index in [1.807, 2.05) is 0 Å². The summed E-state index contributed by atoms with van der Waals surface area (Å²) in [6.07, 6.45) is 3.62. The molecule has 1 aromatic heterocycles. The lowest BCUT2D eigenvalue weighted by atomic mass is 10.1. The fourth-order valence-electron chi connectivity index (χ4n) is 2.21. The number of nitrogens with zero attached hydrogens (tertiary/aromatic N) is 3. The molecule has 2 rings (SSSR count). The van der Waals surface area contributed by atoms with E-state index in [0.717, 1.165) is 25.9 Å². The number of hydrogen-bond acceptors (Lipinski definition) is 6. The first-order valence-corrected chi connectivity index (χ1v) is 6.63. The molecule has 1 unspecified atom stereocenters. The zero-order valence-corrected chi connectivity index (χ0v) is 11.4. The quantitative estimate of drug-likeness (QED) is 0.816. The summed E-state index contributed by atoms with van der Waals surface area (Å²) in [5, 5.41) is 0. The fraction of sp³-hybridized carbons (Fsp3) is 0.615. The number of carbonyl (C=O) groups is 1. The van der Waals surface area contributed by atoms with E-state index in [1.165, 1.54) is 6.20 Å². The maximum atomic E-state index is 11.7. The van der Waals surface area contributed by atoms with Crippen molar-refractivity contribution in [1.29, 1.82) is 0 Å². The van der Waals surface area contributed by atoms with E-state index < -0.39 is 0 Å². The van der Waals surface area contributed by atoms with Crippen LogP contribution in [0.2, 0.25) is 0 Å². The zero-order chi connectivity index (χ0) is 13.8. The minimum absolute atomic E-state index is 0.169. The lowest BCUT2D eigenvalue weighted by Gasteiger charge is -2.30. The Morgan fingerprint density at radius 1 is 1.63 bits per heavy atom. The molecule has 0 bridgehead atoms. The van der Waals surface area contributed by atoms with Crippen molar-refractivity contribution >= 4 is 11.9 Å². The number of aryl methyl sites for hydroxylation is 1. The van der Waals surface area contributed by atoms with Gasteiger partial charge in [0.1, 0.15) is 0 Å². The summed E-state index contributed by atoms with van der Waals surface area (Å²) in [6, 6.07) is 0.169. The number of anilines is 1. The second-order valence-corrected chi connectivity index (χ2v) is 4.74. The second-order valence-electron chi connectivity index (χ2n) is 4.74. The topological polar surface area (TPSA) is 81.3 Å². The molecule has 2 N–H and O–H groups in total. The molecule has 104 valence electrons. The molecule has 1 fully saturated rings. The summed E-state index contributed by atoms with van der Waals surface area (Å²) < 4.78 is 4.96. The highest BCUT2D eigenvalue weighted by Crippen LogP contribution is 2.17. The van der Waals surface area contributed by atoms with Crippen LogP contribution >= 0.6 is 0 Å². The van der Waals surface area contributed by atoms with Gasteiger partial charge in [-0.05, 0) is 26.7 Å². The van der Waals surface area contributed by atoms with Crippen molar-refractivity contribution in [2.45, 2.75) is 32.7 Å². The predicted molar refractivity (Wildman–Crippen MR) is 72.1 cm³/mol. The van der Waals surface area contributed by atoms with Crippen molar-refractivity contribution in [2.75, 3.05) is 24.6 Å². The van der Waals surface area contributed by atoms with Crippen LogP contribution in [0, 0.1) is 6.92 Å². The van der Waals surface area contributed by atoms with Gasteiger partial charge in [-0.1, -0.05) is 0 Å². The van der Waals surface area contributed by atoms with Gasteiger partial charge in [0.2, 0.25) is 5.95 Å². The number of nitrogens with two attached hydrogens (primary N) is 1. The normalized spacial score (nSPS) is 19.3. The maximum Gasteiger partial charge on any atom is 0.341 e. The molecule has 1 aliphatic rings. The van der Waals surface area contributed by atoms with Crippen LogP contribution in [0.15, 0.2) is 6.20 Å². The largest absolute Gasteiger partial charge is 0.462 e. The summed E-state index contributed by atoms with van der Waals surface area (Å²) in [7, 11) is 0. The molecule has 0 aliphatic carbocycles. The number of aromatic nitrogens is 2. The summed E-state index contributed by atoms with van der Waals surface area (Å²) >= 11 is 0. The summed E-state index contributed by atoms with van der Waals surface area (Å²) in [5.74, 6) is 0.266. The molecular formula is C13H20N4O2. The van der Waals surface area contributed by atoms with E-state index >= 15 is 0 Å². The molecule has 1 aliphatic heterocycles. The van der Waals surface area contributed by atoms with Gasteiger partial charge in [-0.15, -0.1) is 0 Å². The highest BCUT2D eigenvalue weighted by atomic mass is 16.5. The molecule has 1 saturated heterocycles. The summed E-state index contributed by atoms with van der Waals surface area (Å²) in [6.45, 7) is 5.59. The minimum Gasteiger partial charge on any atom is -0.462 e. The van der Waals surface area contributed by atoms with Crippen molar-refractivity contribution in [1.82, 2.24) is 9.97 Å². The van der Waals surface area contributed by atoms with Crippen molar-refractivity contribution < 1.29 is 9.53 Å². The smallest absolute Gasteiger partial charge is 0.341 e.